The van der Waals surface area contributed by atoms with E-state index in [1.165, 1.54) is 111 Å². The van der Waals surface area contributed by atoms with Crippen molar-refractivity contribution < 1.29 is 0 Å². The normalized spacial score (nSPS) is 14.9. The van der Waals surface area contributed by atoms with Gasteiger partial charge < -0.3 is 9.38 Å². The minimum atomic E-state index is -1.92. The van der Waals surface area contributed by atoms with Crippen LogP contribution >= 0.6 is 21.4 Å². The number of rotatable bonds is 2. The van der Waals surface area contributed by atoms with E-state index >= 15 is 0 Å². The molecule has 0 spiro atoms. The van der Waals surface area contributed by atoms with Crippen molar-refractivity contribution in [3.05, 3.63) is 188 Å². The largest absolute Gasteiger partial charge is 0.375 e. The Kier molecular flexibility index (Phi) is 5.84. The summed E-state index contributed by atoms with van der Waals surface area (Å²) >= 11 is 1.93. The SMILES string of the molecule is c1ccc(S2(c3ccccc3)c3ccccc3N3c4cc5sc6ccccc6c5c5c4B(c4cccc2c43)n2c3c-5cccc3c3ccc4ccccc4c32)cc1. The summed E-state index contributed by atoms with van der Waals surface area (Å²) < 4.78 is 5.43. The quantitative estimate of drug-likeness (QED) is 0.159. The number of nitrogens with zero attached hydrogens (tertiary/aromatic N) is 2. The topological polar surface area (TPSA) is 8.17 Å². The Morgan fingerprint density at radius 3 is 1.98 bits per heavy atom. The Morgan fingerprint density at radius 1 is 0.474 bits per heavy atom. The van der Waals surface area contributed by atoms with E-state index in [1.807, 2.05) is 11.3 Å². The van der Waals surface area contributed by atoms with Crippen LogP contribution in [-0.4, -0.2) is 11.3 Å². The van der Waals surface area contributed by atoms with E-state index in [4.69, 9.17) is 0 Å². The highest BCUT2D eigenvalue weighted by Crippen LogP contribution is 2.79. The average Bonchev–Trinajstić information content (AvgIpc) is 3.83. The molecule has 0 saturated heterocycles. The van der Waals surface area contributed by atoms with Gasteiger partial charge in [0.05, 0.1) is 11.4 Å². The molecule has 2 nitrogen and oxygen atoms in total. The molecule has 0 saturated carbocycles. The van der Waals surface area contributed by atoms with Crippen LogP contribution in [0.25, 0.3) is 63.9 Å². The lowest BCUT2D eigenvalue weighted by atomic mass is 9.45. The summed E-state index contributed by atoms with van der Waals surface area (Å²) in [5.74, 6) is 0. The third-order valence-corrected chi connectivity index (χ3v) is 18.0. The third kappa shape index (κ3) is 3.62. The Hall–Kier alpha value is -6.53. The molecule has 0 fully saturated rings. The minimum absolute atomic E-state index is 0.0427. The van der Waals surface area contributed by atoms with Gasteiger partial charge in [-0.1, -0.05) is 133 Å². The van der Waals surface area contributed by atoms with E-state index in [0.29, 0.717) is 0 Å². The van der Waals surface area contributed by atoms with Crippen molar-refractivity contribution in [2.45, 2.75) is 19.6 Å². The molecule has 57 heavy (non-hydrogen) atoms. The number of hydrogen-bond acceptors (Lipinski definition) is 2. The fraction of sp³-hybridized carbons (Fsp3) is 0. The third-order valence-electron chi connectivity index (χ3n) is 12.9. The summed E-state index contributed by atoms with van der Waals surface area (Å²) in [7, 11) is -1.92. The van der Waals surface area contributed by atoms with Crippen LogP contribution in [0.4, 0.5) is 17.1 Å². The van der Waals surface area contributed by atoms with Crippen molar-refractivity contribution >= 4 is 109 Å². The number of hydrogen-bond donors (Lipinski definition) is 0. The molecule has 11 aromatic rings. The molecule has 3 aliphatic rings. The molecule has 9 aromatic carbocycles. The second-order valence-electron chi connectivity index (χ2n) is 15.5. The molecule has 3 aliphatic heterocycles. The zero-order valence-electron chi connectivity index (χ0n) is 30.7. The highest BCUT2D eigenvalue weighted by molar-refractivity contribution is 8.34. The van der Waals surface area contributed by atoms with Gasteiger partial charge in [-0.25, -0.2) is 0 Å². The van der Waals surface area contributed by atoms with Crippen LogP contribution < -0.4 is 15.8 Å². The molecule has 0 amide bonds. The first kappa shape index (κ1) is 30.7. The van der Waals surface area contributed by atoms with E-state index in [1.54, 1.807) is 0 Å². The molecule has 5 heteroatoms. The van der Waals surface area contributed by atoms with Crippen molar-refractivity contribution in [3.8, 4) is 11.1 Å². The summed E-state index contributed by atoms with van der Waals surface area (Å²) in [6, 6.07) is 71.6. The zero-order chi connectivity index (χ0) is 37.0. The van der Waals surface area contributed by atoms with Gasteiger partial charge in [0.1, 0.15) is 0 Å². The smallest absolute Gasteiger partial charge is 0.333 e. The number of para-hydroxylation sites is 3. The highest BCUT2D eigenvalue weighted by Gasteiger charge is 2.50. The monoisotopic (exact) mass is 758 g/mol. The molecule has 2 aromatic heterocycles. The van der Waals surface area contributed by atoms with Gasteiger partial charge in [0.15, 0.2) is 0 Å². The van der Waals surface area contributed by atoms with Crippen LogP contribution in [0.1, 0.15) is 0 Å². The molecular formula is C52H31BN2S2. The van der Waals surface area contributed by atoms with Gasteiger partial charge >= 0.3 is 6.85 Å². The minimum Gasteiger partial charge on any atom is -0.375 e. The number of anilines is 3. The number of benzene rings is 9. The van der Waals surface area contributed by atoms with E-state index in [0.717, 1.165) is 0 Å². The second-order valence-corrected chi connectivity index (χ2v) is 19.7. The highest BCUT2D eigenvalue weighted by atomic mass is 32.3. The average molecular weight is 759 g/mol. The number of aromatic nitrogens is 1. The van der Waals surface area contributed by atoms with Crippen molar-refractivity contribution in [2.24, 2.45) is 0 Å². The molecule has 0 aliphatic carbocycles. The van der Waals surface area contributed by atoms with Crippen LogP contribution in [0, 0.1) is 0 Å². The Morgan fingerprint density at radius 2 is 1.14 bits per heavy atom. The van der Waals surface area contributed by atoms with Crippen molar-refractivity contribution in [2.75, 3.05) is 4.90 Å². The number of thiophene rings is 1. The second kappa shape index (κ2) is 10.9. The first-order valence-electron chi connectivity index (χ1n) is 19.7. The van der Waals surface area contributed by atoms with Crippen molar-refractivity contribution in [1.82, 2.24) is 4.48 Å². The van der Waals surface area contributed by atoms with E-state index < -0.39 is 10.0 Å². The van der Waals surface area contributed by atoms with E-state index in [-0.39, 0.29) is 6.85 Å². The lowest BCUT2D eigenvalue weighted by Crippen LogP contribution is -2.57. The summed E-state index contributed by atoms with van der Waals surface area (Å²) in [6.07, 6.45) is 0. The van der Waals surface area contributed by atoms with Gasteiger partial charge in [-0.15, -0.1) is 21.4 Å². The summed E-state index contributed by atoms with van der Waals surface area (Å²) in [6.45, 7) is -0.0427. The van der Waals surface area contributed by atoms with Gasteiger partial charge in [0.2, 0.25) is 0 Å². The van der Waals surface area contributed by atoms with Gasteiger partial charge in [-0.2, -0.15) is 0 Å². The van der Waals surface area contributed by atoms with Crippen LogP contribution in [0.5, 0.6) is 0 Å². The molecule has 5 heterocycles. The maximum absolute atomic E-state index is 2.75. The maximum Gasteiger partial charge on any atom is 0.333 e. The standard InChI is InChI=1S/C52H31BN2S2/c1-3-16-33(17-4-1)57(34-18-5-2-6-19-34)45-27-12-10-25-41(45)54-42-31-44-47(38-21-9-11-26-43(38)56-44)48-39-23-13-22-36-37-30-29-32-15-7-8-20-35(32)50(37)55(51(36)39)53(49(42)48)40-24-14-28-46(57)52(40)54/h1-31H. The zero-order valence-corrected chi connectivity index (χ0v) is 32.3. The van der Waals surface area contributed by atoms with E-state index in [9.17, 15) is 0 Å². The van der Waals surface area contributed by atoms with Crippen molar-refractivity contribution in [1.29, 1.82) is 0 Å². The van der Waals surface area contributed by atoms with Gasteiger partial charge in [0, 0.05) is 78.2 Å². The Labute approximate surface area is 335 Å². The van der Waals surface area contributed by atoms with Crippen LogP contribution in [0.2, 0.25) is 0 Å². The lowest BCUT2D eigenvalue weighted by Gasteiger charge is -2.53. The van der Waals surface area contributed by atoms with E-state index in [2.05, 4.69) is 197 Å². The summed E-state index contributed by atoms with van der Waals surface area (Å²) in [5, 5.41) is 7.94. The first-order chi connectivity index (χ1) is 28.3. The van der Waals surface area contributed by atoms with Gasteiger partial charge in [0.25, 0.3) is 0 Å². The Bertz CT molecular complexity index is 3510. The molecule has 264 valence electrons. The van der Waals surface area contributed by atoms with Crippen LogP contribution in [-0.2, 0) is 0 Å². The van der Waals surface area contributed by atoms with Gasteiger partial charge in [-0.05, 0) is 76.5 Å². The molecule has 0 unspecified atom stereocenters. The predicted molar refractivity (Wildman–Crippen MR) is 244 cm³/mol. The van der Waals surface area contributed by atoms with Gasteiger partial charge in [-0.3, -0.25) is 0 Å². The maximum atomic E-state index is 2.75. The molecule has 0 radical (unpaired) electrons. The molecular weight excluding hydrogens is 728 g/mol. The predicted octanol–water partition coefficient (Wildman–Crippen LogP) is 13.4. The summed E-state index contributed by atoms with van der Waals surface area (Å²) in [5.41, 5.74) is 12.0. The fourth-order valence-electron chi connectivity index (χ4n) is 10.9. The summed E-state index contributed by atoms with van der Waals surface area (Å²) in [4.78, 5) is 8.17. The fourth-order valence-corrected chi connectivity index (χ4v) is 16.2. The Balaban J connectivity index is 1.24. The molecule has 0 bridgehead atoms. The number of fused-ring (bicyclic) bond motifs is 15. The van der Waals surface area contributed by atoms with Crippen molar-refractivity contribution in [3.63, 3.8) is 0 Å². The first-order valence-corrected chi connectivity index (χ1v) is 22.2. The molecule has 14 rings (SSSR count). The molecule has 0 atom stereocenters. The lowest BCUT2D eigenvalue weighted by molar-refractivity contribution is 1.12. The molecule has 0 N–H and O–H groups in total. The van der Waals surface area contributed by atoms with Crippen LogP contribution in [0.3, 0.4) is 0 Å². The van der Waals surface area contributed by atoms with Crippen LogP contribution in [0.15, 0.2) is 208 Å².